The number of methoxy groups -OCH3 is 1. The molecule has 0 spiro atoms. The van der Waals surface area contributed by atoms with Gasteiger partial charge in [0.1, 0.15) is 5.75 Å². The van der Waals surface area contributed by atoms with E-state index in [2.05, 4.69) is 5.32 Å². The predicted octanol–water partition coefficient (Wildman–Crippen LogP) is 2.11. The average Bonchev–Trinajstić information content (AvgIpc) is 3.12. The molecule has 0 atom stereocenters. The van der Waals surface area contributed by atoms with Crippen molar-refractivity contribution in [3.8, 4) is 5.75 Å². The quantitative estimate of drug-likeness (QED) is 0.658. The lowest BCUT2D eigenvalue weighted by molar-refractivity contribution is -0.121. The third kappa shape index (κ3) is 5.90. The highest BCUT2D eigenvalue weighted by molar-refractivity contribution is 7.99. The van der Waals surface area contributed by atoms with Crippen molar-refractivity contribution in [2.75, 3.05) is 33.0 Å². The smallest absolute Gasteiger partial charge is 0.243 e. The fraction of sp³-hybridized carbons (Fsp3) is 0.588. The molecule has 0 aliphatic heterocycles. The average molecular weight is 387 g/mol. The van der Waals surface area contributed by atoms with Crippen LogP contribution in [-0.4, -0.2) is 56.9 Å². The maximum Gasteiger partial charge on any atom is 0.243 e. The Bertz CT molecular complexity index is 656. The molecular formula is C17H26N2O4S2. The van der Waals surface area contributed by atoms with E-state index in [9.17, 15) is 13.2 Å². The third-order valence-electron chi connectivity index (χ3n) is 4.21. The molecule has 0 heterocycles. The van der Waals surface area contributed by atoms with Gasteiger partial charge in [-0.3, -0.25) is 4.79 Å². The normalized spacial score (nSPS) is 15.5. The second kappa shape index (κ2) is 9.45. The molecule has 6 nitrogen and oxygen atoms in total. The molecular weight excluding hydrogens is 360 g/mol. The topological polar surface area (TPSA) is 75.7 Å². The van der Waals surface area contributed by atoms with Crippen LogP contribution in [-0.2, 0) is 14.8 Å². The van der Waals surface area contributed by atoms with Crippen molar-refractivity contribution >= 4 is 27.7 Å². The van der Waals surface area contributed by atoms with E-state index < -0.39 is 10.0 Å². The molecule has 0 bridgehead atoms. The van der Waals surface area contributed by atoms with Gasteiger partial charge >= 0.3 is 0 Å². The summed E-state index contributed by atoms with van der Waals surface area (Å²) in [5.41, 5.74) is 0. The highest BCUT2D eigenvalue weighted by atomic mass is 32.2. The summed E-state index contributed by atoms with van der Waals surface area (Å²) in [6, 6.07) is 6.11. The minimum absolute atomic E-state index is 0.139. The van der Waals surface area contributed by atoms with Crippen LogP contribution in [0.25, 0.3) is 0 Å². The third-order valence-corrected chi connectivity index (χ3v) is 7.41. The van der Waals surface area contributed by atoms with E-state index in [1.54, 1.807) is 12.1 Å². The number of hydrogen-bond donors (Lipinski definition) is 1. The van der Waals surface area contributed by atoms with Crippen molar-refractivity contribution in [3.63, 3.8) is 0 Å². The summed E-state index contributed by atoms with van der Waals surface area (Å²) < 4.78 is 31.0. The fourth-order valence-corrected chi connectivity index (χ4v) is 5.09. The van der Waals surface area contributed by atoms with Gasteiger partial charge in [-0.2, -0.15) is 16.1 Å². The Morgan fingerprint density at radius 2 is 1.92 bits per heavy atom. The summed E-state index contributed by atoms with van der Waals surface area (Å²) in [5, 5.41) is 3.51. The second-order valence-electron chi connectivity index (χ2n) is 6.06. The van der Waals surface area contributed by atoms with Crippen LogP contribution in [0, 0.1) is 0 Å². The lowest BCUT2D eigenvalue weighted by Gasteiger charge is -2.17. The molecule has 2 rings (SSSR count). The Morgan fingerprint density at radius 1 is 1.28 bits per heavy atom. The van der Waals surface area contributed by atoms with Crippen molar-refractivity contribution in [2.24, 2.45) is 0 Å². The first-order valence-corrected chi connectivity index (χ1v) is 10.9. The molecule has 1 fully saturated rings. The van der Waals surface area contributed by atoms with E-state index in [4.69, 9.17) is 4.74 Å². The largest absolute Gasteiger partial charge is 0.497 e. The number of likely N-dealkylation sites (N-methyl/N-ethyl adjacent to an activating group) is 1. The molecule has 1 aliphatic rings. The monoisotopic (exact) mass is 386 g/mol. The van der Waals surface area contributed by atoms with E-state index in [1.807, 2.05) is 11.8 Å². The summed E-state index contributed by atoms with van der Waals surface area (Å²) in [4.78, 5) is 12.1. The molecule has 8 heteroatoms. The predicted molar refractivity (Wildman–Crippen MR) is 101 cm³/mol. The molecule has 0 radical (unpaired) electrons. The molecule has 1 N–H and O–H groups in total. The standard InChI is InChI=1S/C17H26N2O4S2/c1-19(25(21,22)16-9-7-14(23-2)8-10-16)13-17(20)18-11-12-24-15-5-3-4-6-15/h7-10,15H,3-6,11-13H2,1-2H3,(H,18,20). The molecule has 0 unspecified atom stereocenters. The van der Waals surface area contributed by atoms with Gasteiger partial charge in [0.15, 0.2) is 0 Å². The van der Waals surface area contributed by atoms with Crippen LogP contribution in [0.4, 0.5) is 0 Å². The zero-order valence-corrected chi connectivity index (χ0v) is 16.4. The highest BCUT2D eigenvalue weighted by Crippen LogP contribution is 2.28. The molecule has 1 aromatic carbocycles. The van der Waals surface area contributed by atoms with E-state index in [1.165, 1.54) is 52.0 Å². The summed E-state index contributed by atoms with van der Waals surface area (Å²) in [6.07, 6.45) is 5.14. The van der Waals surface area contributed by atoms with Gasteiger partial charge in [-0.05, 0) is 37.1 Å². The van der Waals surface area contributed by atoms with E-state index >= 15 is 0 Å². The first kappa shape index (κ1) is 20.1. The molecule has 0 aromatic heterocycles. The number of sulfonamides is 1. The van der Waals surface area contributed by atoms with Crippen LogP contribution in [0.2, 0.25) is 0 Å². The van der Waals surface area contributed by atoms with Crippen LogP contribution in [0.1, 0.15) is 25.7 Å². The Morgan fingerprint density at radius 3 is 2.52 bits per heavy atom. The fourth-order valence-electron chi connectivity index (χ4n) is 2.74. The number of carbonyl (C=O) groups is 1. The Hall–Kier alpha value is -1.25. The van der Waals surface area contributed by atoms with Gasteiger partial charge in [-0.15, -0.1) is 0 Å². The lowest BCUT2D eigenvalue weighted by Crippen LogP contribution is -2.39. The maximum absolute atomic E-state index is 12.5. The van der Waals surface area contributed by atoms with Gasteiger partial charge in [-0.25, -0.2) is 8.42 Å². The van der Waals surface area contributed by atoms with Gasteiger partial charge in [0, 0.05) is 24.6 Å². The van der Waals surface area contributed by atoms with Crippen LogP contribution >= 0.6 is 11.8 Å². The lowest BCUT2D eigenvalue weighted by atomic mass is 10.3. The Balaban J connectivity index is 1.78. The maximum atomic E-state index is 12.5. The number of ether oxygens (including phenoxy) is 1. The minimum Gasteiger partial charge on any atom is -0.497 e. The van der Waals surface area contributed by atoms with Gasteiger partial charge in [0.2, 0.25) is 15.9 Å². The van der Waals surface area contributed by atoms with E-state index in [0.717, 1.165) is 15.3 Å². The summed E-state index contributed by atoms with van der Waals surface area (Å²) in [6.45, 7) is 0.374. The van der Waals surface area contributed by atoms with Crippen LogP contribution in [0.15, 0.2) is 29.2 Å². The van der Waals surface area contributed by atoms with Crippen molar-refractivity contribution in [1.82, 2.24) is 9.62 Å². The zero-order valence-electron chi connectivity index (χ0n) is 14.7. The summed E-state index contributed by atoms with van der Waals surface area (Å²) in [7, 11) is -0.763. The number of amides is 1. The zero-order chi connectivity index (χ0) is 18.3. The Kier molecular flexibility index (Phi) is 7.58. The number of rotatable bonds is 9. The number of carbonyl (C=O) groups excluding carboxylic acids is 1. The first-order valence-electron chi connectivity index (χ1n) is 8.42. The van der Waals surface area contributed by atoms with Crippen LogP contribution < -0.4 is 10.1 Å². The minimum atomic E-state index is -3.69. The van der Waals surface area contributed by atoms with Gasteiger partial charge in [0.25, 0.3) is 0 Å². The highest BCUT2D eigenvalue weighted by Gasteiger charge is 2.23. The number of nitrogens with zero attached hydrogens (tertiary/aromatic N) is 1. The van der Waals surface area contributed by atoms with Gasteiger partial charge in [0.05, 0.1) is 18.6 Å². The van der Waals surface area contributed by atoms with Crippen molar-refractivity contribution in [1.29, 1.82) is 0 Å². The summed E-state index contributed by atoms with van der Waals surface area (Å²) in [5.74, 6) is 1.16. The molecule has 1 amide bonds. The molecule has 140 valence electrons. The number of nitrogens with one attached hydrogen (secondary N) is 1. The molecule has 0 saturated heterocycles. The van der Waals surface area contributed by atoms with Gasteiger partial charge in [-0.1, -0.05) is 12.8 Å². The van der Waals surface area contributed by atoms with Crippen LogP contribution in [0.5, 0.6) is 5.75 Å². The first-order chi connectivity index (χ1) is 11.9. The van der Waals surface area contributed by atoms with Crippen LogP contribution in [0.3, 0.4) is 0 Å². The van der Waals surface area contributed by atoms with E-state index in [-0.39, 0.29) is 17.3 Å². The SMILES string of the molecule is COc1ccc(S(=O)(=O)N(C)CC(=O)NCCSC2CCCC2)cc1. The number of benzene rings is 1. The molecule has 1 aromatic rings. The molecule has 25 heavy (non-hydrogen) atoms. The van der Waals surface area contributed by atoms with Gasteiger partial charge < -0.3 is 10.1 Å². The molecule has 1 saturated carbocycles. The Labute approximate surface area is 154 Å². The van der Waals surface area contributed by atoms with E-state index in [0.29, 0.717) is 12.3 Å². The van der Waals surface area contributed by atoms with Crippen molar-refractivity contribution < 1.29 is 17.9 Å². The second-order valence-corrected chi connectivity index (χ2v) is 9.52. The van der Waals surface area contributed by atoms with Crippen molar-refractivity contribution in [3.05, 3.63) is 24.3 Å². The van der Waals surface area contributed by atoms with Crippen molar-refractivity contribution in [2.45, 2.75) is 35.8 Å². The number of thioether (sulfide) groups is 1. The summed E-state index contributed by atoms with van der Waals surface area (Å²) >= 11 is 1.89. The molecule has 1 aliphatic carbocycles. The number of hydrogen-bond acceptors (Lipinski definition) is 5.